The number of nitrogens with one attached hydrogen (secondary N) is 1. The highest BCUT2D eigenvalue weighted by Crippen LogP contribution is 2.48. The molecule has 2 aromatic heterocycles. The van der Waals surface area contributed by atoms with Crippen LogP contribution in [0.3, 0.4) is 0 Å². The van der Waals surface area contributed by atoms with E-state index in [1.165, 1.54) is 18.0 Å². The molecule has 4 rings (SSSR count). The second-order valence-corrected chi connectivity index (χ2v) is 14.3. The molecule has 0 amide bonds. The van der Waals surface area contributed by atoms with Crippen LogP contribution in [0.4, 0.5) is 5.95 Å². The molecule has 8 atom stereocenters. The van der Waals surface area contributed by atoms with Crippen LogP contribution >= 0.6 is 23.5 Å². The number of methoxy groups -OCH3 is 1. The molecular weight excluding hydrogens is 703 g/mol. The predicted octanol–water partition coefficient (Wildman–Crippen LogP) is -1.08. The van der Waals surface area contributed by atoms with Gasteiger partial charge in [0, 0.05) is 7.11 Å². The number of H-pyrrole nitrogens is 1. The summed E-state index contributed by atoms with van der Waals surface area (Å²) in [5.41, 5.74) is 5.27. The van der Waals surface area contributed by atoms with Crippen LogP contribution in [-0.4, -0.2) is 128 Å². The third kappa shape index (κ3) is 11.4. The van der Waals surface area contributed by atoms with Gasteiger partial charge in [0.25, 0.3) is 5.56 Å². The first-order valence-electron chi connectivity index (χ1n) is 13.8. The molecule has 0 saturated carbocycles. The van der Waals surface area contributed by atoms with E-state index in [0.29, 0.717) is 12.8 Å². The molecule has 0 aromatic carbocycles. The molecule has 26 heteroatoms. The molecule has 0 spiro atoms. The second kappa shape index (κ2) is 16.3. The lowest BCUT2D eigenvalue weighted by molar-refractivity contribution is -0.0407. The summed E-state index contributed by atoms with van der Waals surface area (Å²) in [7, 11) is -13.6. The van der Waals surface area contributed by atoms with Crippen LogP contribution in [0.15, 0.2) is 11.1 Å². The predicted molar refractivity (Wildman–Crippen MR) is 153 cm³/mol. The van der Waals surface area contributed by atoms with E-state index in [4.69, 9.17) is 42.8 Å². The SMILES string of the molecule is COCCO[C@H]1CO[C@H](COP(=O)(O)OCC(COP(=O)(O)OC[C@@H]2CC[C@H](n3cnc4c(=O)[nH]c(N)nc43)O2)OP(=O)(O)O)[C@H]1O. The maximum atomic E-state index is 12.5. The van der Waals surface area contributed by atoms with Gasteiger partial charge in [-0.3, -0.25) is 37.0 Å². The molecule has 23 nitrogen and oxygen atoms in total. The quantitative estimate of drug-likeness (QED) is 0.0665. The standard InChI is InChI=1S/C21H36N5O18P3/c1-36-4-5-37-14-9-38-15(18(14)27)10-42-47(34,35)41-8-13(44-45(29,30)31)7-40-46(32,33)39-6-12-2-3-16(43-12)26-11-23-17-19(26)24-21(22)25-20(17)28/h11-16,18,27H,2-10H2,1H3,(H,32,33)(H,34,35)(H2,29,30,31)(H3,22,24,25,28)/t12-,13?,14-,15+,16+,18-/m0/s1. The van der Waals surface area contributed by atoms with Crippen molar-refractivity contribution in [2.24, 2.45) is 0 Å². The number of phosphoric acid groups is 3. The highest BCUT2D eigenvalue weighted by Gasteiger charge is 2.39. The fraction of sp³-hybridized carbons (Fsp3) is 0.762. The number of hydrogen-bond acceptors (Lipinski definition) is 17. The number of aliphatic hydroxyl groups excluding tert-OH is 1. The van der Waals surface area contributed by atoms with Gasteiger partial charge in [-0.2, -0.15) is 4.98 Å². The number of phosphoric ester groups is 3. The number of anilines is 1. The summed E-state index contributed by atoms with van der Waals surface area (Å²) in [6.07, 6.45) is -4.19. The van der Waals surface area contributed by atoms with Gasteiger partial charge in [-0.1, -0.05) is 0 Å². The Labute approximate surface area is 265 Å². The Morgan fingerprint density at radius 1 is 1.06 bits per heavy atom. The minimum Gasteiger partial charge on any atom is -0.388 e. The highest BCUT2D eigenvalue weighted by molar-refractivity contribution is 7.47. The van der Waals surface area contributed by atoms with Gasteiger partial charge in [0.1, 0.15) is 30.6 Å². The molecule has 47 heavy (non-hydrogen) atoms. The van der Waals surface area contributed by atoms with Crippen molar-refractivity contribution in [3.05, 3.63) is 16.7 Å². The minimum absolute atomic E-state index is 0.0289. The van der Waals surface area contributed by atoms with Crippen LogP contribution in [0.25, 0.3) is 11.2 Å². The summed E-state index contributed by atoms with van der Waals surface area (Å²) in [6, 6.07) is 0. The molecule has 0 aliphatic carbocycles. The number of nitrogens with zero attached hydrogens (tertiary/aromatic N) is 3. The van der Waals surface area contributed by atoms with E-state index in [9.17, 15) is 43.2 Å². The zero-order valence-electron chi connectivity index (χ0n) is 24.7. The number of hydrogen-bond donors (Lipinski definition) is 7. The monoisotopic (exact) mass is 739 g/mol. The summed E-state index contributed by atoms with van der Waals surface area (Å²) in [5, 5.41) is 10.3. The highest BCUT2D eigenvalue weighted by atomic mass is 31.2. The van der Waals surface area contributed by atoms with Crippen LogP contribution in [0.5, 0.6) is 0 Å². The maximum absolute atomic E-state index is 12.5. The van der Waals surface area contributed by atoms with Crippen LogP contribution in [0.2, 0.25) is 0 Å². The smallest absolute Gasteiger partial charge is 0.388 e. The summed E-state index contributed by atoms with van der Waals surface area (Å²) < 4.78 is 82.8. The number of ether oxygens (including phenoxy) is 4. The summed E-state index contributed by atoms with van der Waals surface area (Å²) in [5.74, 6) is -0.127. The molecule has 2 fully saturated rings. The van der Waals surface area contributed by atoms with Gasteiger partial charge < -0.3 is 49.4 Å². The number of nitrogens with two attached hydrogens (primary N) is 1. The summed E-state index contributed by atoms with van der Waals surface area (Å²) in [4.78, 5) is 61.0. The topological polar surface area (TPSA) is 325 Å². The van der Waals surface area contributed by atoms with Gasteiger partial charge in [0.2, 0.25) is 5.95 Å². The first-order chi connectivity index (χ1) is 22.1. The number of aromatic nitrogens is 4. The number of nitrogen functional groups attached to an aromatic ring is 1. The van der Waals surface area contributed by atoms with Crippen LogP contribution < -0.4 is 11.3 Å². The Kier molecular flexibility index (Phi) is 13.2. The van der Waals surface area contributed by atoms with Gasteiger partial charge in [-0.15, -0.1) is 0 Å². The van der Waals surface area contributed by atoms with E-state index in [1.54, 1.807) is 0 Å². The van der Waals surface area contributed by atoms with Crippen molar-refractivity contribution in [1.29, 1.82) is 0 Å². The van der Waals surface area contributed by atoms with Crippen molar-refractivity contribution < 1.29 is 79.9 Å². The lowest BCUT2D eigenvalue weighted by atomic mass is 10.1. The van der Waals surface area contributed by atoms with Crippen molar-refractivity contribution in [1.82, 2.24) is 19.5 Å². The molecule has 0 radical (unpaired) electrons. The third-order valence-corrected chi connectivity index (χ3v) is 9.14. The second-order valence-electron chi connectivity index (χ2n) is 10.2. The number of fused-ring (bicyclic) bond motifs is 1. The van der Waals surface area contributed by atoms with Crippen molar-refractivity contribution in [3.8, 4) is 0 Å². The fourth-order valence-electron chi connectivity index (χ4n) is 4.48. The zero-order valence-corrected chi connectivity index (χ0v) is 27.4. The van der Waals surface area contributed by atoms with Crippen molar-refractivity contribution >= 4 is 40.6 Å². The third-order valence-electron chi connectivity index (χ3n) is 6.66. The molecular formula is C21H36N5O18P3. The van der Waals surface area contributed by atoms with Crippen LogP contribution in [0, 0.1) is 0 Å². The van der Waals surface area contributed by atoms with E-state index in [0.717, 1.165) is 0 Å². The molecule has 2 aromatic rings. The number of rotatable bonds is 19. The first kappa shape index (κ1) is 38.1. The summed E-state index contributed by atoms with van der Waals surface area (Å²) in [6.45, 7) is -2.77. The molecule has 8 N–H and O–H groups in total. The zero-order chi connectivity index (χ0) is 34.4. The van der Waals surface area contributed by atoms with Gasteiger partial charge in [-0.25, -0.2) is 18.7 Å². The Hall–Kier alpha value is -1.72. The van der Waals surface area contributed by atoms with Gasteiger partial charge in [0.15, 0.2) is 11.2 Å². The lowest BCUT2D eigenvalue weighted by Gasteiger charge is -2.22. The molecule has 2 saturated heterocycles. The summed E-state index contributed by atoms with van der Waals surface area (Å²) >= 11 is 0. The molecule has 0 bridgehead atoms. The first-order valence-corrected chi connectivity index (χ1v) is 18.3. The number of aliphatic hydroxyl groups is 1. The van der Waals surface area contributed by atoms with E-state index < -0.39 is 92.2 Å². The molecule has 2 aliphatic rings. The molecule has 4 heterocycles. The Morgan fingerprint density at radius 2 is 1.74 bits per heavy atom. The number of imidazole rings is 1. The Bertz CT molecular complexity index is 1540. The van der Waals surface area contributed by atoms with Gasteiger partial charge in [0.05, 0.1) is 58.7 Å². The maximum Gasteiger partial charge on any atom is 0.472 e. The molecule has 3 unspecified atom stereocenters. The van der Waals surface area contributed by atoms with E-state index >= 15 is 0 Å². The lowest BCUT2D eigenvalue weighted by Crippen LogP contribution is -2.35. The normalized spacial score (nSPS) is 26.8. The molecule has 268 valence electrons. The van der Waals surface area contributed by atoms with Crippen molar-refractivity contribution in [2.45, 2.75) is 49.6 Å². The van der Waals surface area contributed by atoms with Gasteiger partial charge in [-0.05, 0) is 12.8 Å². The Morgan fingerprint density at radius 3 is 2.40 bits per heavy atom. The van der Waals surface area contributed by atoms with Crippen molar-refractivity contribution in [2.75, 3.05) is 59.1 Å². The average molecular weight is 739 g/mol. The van der Waals surface area contributed by atoms with Crippen molar-refractivity contribution in [3.63, 3.8) is 0 Å². The van der Waals surface area contributed by atoms with E-state index in [-0.39, 0.29) is 36.9 Å². The average Bonchev–Trinajstić information content (AvgIpc) is 3.71. The Balaban J connectivity index is 1.23. The fourth-order valence-corrected chi connectivity index (χ4v) is 6.53. The van der Waals surface area contributed by atoms with Gasteiger partial charge >= 0.3 is 23.5 Å². The van der Waals surface area contributed by atoms with E-state index in [1.807, 2.05) is 0 Å². The molecule has 2 aliphatic heterocycles. The largest absolute Gasteiger partial charge is 0.472 e. The number of aromatic amines is 1. The van der Waals surface area contributed by atoms with Crippen LogP contribution in [0.1, 0.15) is 19.1 Å². The van der Waals surface area contributed by atoms with Crippen LogP contribution in [-0.2, 0) is 55.3 Å². The van der Waals surface area contributed by atoms with E-state index in [2.05, 4.69) is 19.5 Å². The minimum atomic E-state index is -5.25.